The zero-order valence-electron chi connectivity index (χ0n) is 18.7. The number of aromatic nitrogens is 3. The standard InChI is InChI=1S/C24H26N4O3S2/c1-16(2)22(20-10-6-12-32-20)25-21(29)15-33-24-27-26-23(17-7-4-8-18(13-17)30-3)28(24)14-19-9-5-11-31-19/h4-13,16,22H,14-15H2,1-3H3,(H,25,29). The minimum absolute atomic E-state index is 0.00793. The van der Waals surface area contributed by atoms with Crippen molar-refractivity contribution >= 4 is 29.0 Å². The van der Waals surface area contributed by atoms with Crippen molar-refractivity contribution in [2.45, 2.75) is 31.6 Å². The van der Waals surface area contributed by atoms with Gasteiger partial charge in [0.05, 0.1) is 31.7 Å². The SMILES string of the molecule is COc1cccc(-c2nnc(SCC(=O)NC(c3cccs3)C(C)C)n2Cc2ccco2)c1. The van der Waals surface area contributed by atoms with E-state index in [2.05, 4.69) is 35.4 Å². The summed E-state index contributed by atoms with van der Waals surface area (Å²) in [5.74, 6) is 2.70. The van der Waals surface area contributed by atoms with Crippen molar-refractivity contribution in [1.29, 1.82) is 0 Å². The Morgan fingerprint density at radius 2 is 2.09 bits per heavy atom. The van der Waals surface area contributed by atoms with E-state index in [9.17, 15) is 4.79 Å². The summed E-state index contributed by atoms with van der Waals surface area (Å²) < 4.78 is 12.9. The second-order valence-corrected chi connectivity index (χ2v) is 9.72. The van der Waals surface area contributed by atoms with Crippen LogP contribution in [0.1, 0.15) is 30.5 Å². The van der Waals surface area contributed by atoms with Gasteiger partial charge in [-0.05, 0) is 41.6 Å². The molecule has 3 aromatic heterocycles. The monoisotopic (exact) mass is 482 g/mol. The van der Waals surface area contributed by atoms with Crippen LogP contribution < -0.4 is 10.1 Å². The molecule has 0 saturated carbocycles. The summed E-state index contributed by atoms with van der Waals surface area (Å²) in [5.41, 5.74) is 0.877. The zero-order valence-corrected chi connectivity index (χ0v) is 20.4. The molecular formula is C24H26N4O3S2. The third-order valence-corrected chi connectivity index (χ3v) is 7.03. The van der Waals surface area contributed by atoms with Crippen LogP contribution in [-0.4, -0.2) is 33.5 Å². The molecule has 3 heterocycles. The number of nitrogens with zero attached hydrogens (tertiary/aromatic N) is 3. The van der Waals surface area contributed by atoms with Gasteiger partial charge in [0, 0.05) is 10.4 Å². The van der Waals surface area contributed by atoms with Crippen LogP contribution in [0.5, 0.6) is 5.75 Å². The van der Waals surface area contributed by atoms with E-state index in [1.165, 1.54) is 11.8 Å². The Balaban J connectivity index is 1.53. The Morgan fingerprint density at radius 3 is 2.79 bits per heavy atom. The first-order chi connectivity index (χ1) is 16.0. The third kappa shape index (κ3) is 5.66. The van der Waals surface area contributed by atoms with Gasteiger partial charge in [-0.3, -0.25) is 9.36 Å². The molecule has 0 saturated heterocycles. The maximum atomic E-state index is 12.8. The quantitative estimate of drug-likeness (QED) is 0.311. The Hall–Kier alpha value is -3.04. The first kappa shape index (κ1) is 23.1. The Kier molecular flexibility index (Phi) is 7.51. The fourth-order valence-electron chi connectivity index (χ4n) is 3.45. The lowest BCUT2D eigenvalue weighted by Crippen LogP contribution is -2.32. The van der Waals surface area contributed by atoms with Crippen molar-refractivity contribution in [3.63, 3.8) is 0 Å². The highest BCUT2D eigenvalue weighted by Gasteiger charge is 2.21. The first-order valence-corrected chi connectivity index (χ1v) is 12.5. The number of methoxy groups -OCH3 is 1. The summed E-state index contributed by atoms with van der Waals surface area (Å²) in [6, 6.07) is 15.5. The number of nitrogens with one attached hydrogen (secondary N) is 1. The van der Waals surface area contributed by atoms with Crippen molar-refractivity contribution in [2.75, 3.05) is 12.9 Å². The summed E-state index contributed by atoms with van der Waals surface area (Å²) in [5, 5.41) is 14.6. The lowest BCUT2D eigenvalue weighted by Gasteiger charge is -2.21. The van der Waals surface area contributed by atoms with Crippen molar-refractivity contribution in [3.8, 4) is 17.1 Å². The number of hydrogen-bond donors (Lipinski definition) is 1. The van der Waals surface area contributed by atoms with Gasteiger partial charge < -0.3 is 14.5 Å². The van der Waals surface area contributed by atoms with E-state index in [1.807, 2.05) is 52.4 Å². The molecule has 0 aliphatic heterocycles. The van der Waals surface area contributed by atoms with E-state index in [-0.39, 0.29) is 17.7 Å². The number of thiophene rings is 1. The average molecular weight is 483 g/mol. The number of amides is 1. The van der Waals surface area contributed by atoms with E-state index in [4.69, 9.17) is 9.15 Å². The largest absolute Gasteiger partial charge is 0.497 e. The van der Waals surface area contributed by atoms with E-state index in [0.717, 1.165) is 22.0 Å². The predicted octanol–water partition coefficient (Wildman–Crippen LogP) is 5.26. The van der Waals surface area contributed by atoms with Gasteiger partial charge >= 0.3 is 0 Å². The highest BCUT2D eigenvalue weighted by molar-refractivity contribution is 7.99. The van der Waals surface area contributed by atoms with Crippen LogP contribution in [0.4, 0.5) is 0 Å². The Morgan fingerprint density at radius 1 is 1.21 bits per heavy atom. The minimum atomic E-state index is -0.0393. The summed E-state index contributed by atoms with van der Waals surface area (Å²) in [6.07, 6.45) is 1.64. The molecule has 1 N–H and O–H groups in total. The van der Waals surface area contributed by atoms with Crippen molar-refractivity contribution in [2.24, 2.45) is 5.92 Å². The van der Waals surface area contributed by atoms with Gasteiger partial charge in [0.2, 0.25) is 5.91 Å². The second kappa shape index (κ2) is 10.7. The zero-order chi connectivity index (χ0) is 23.2. The molecule has 7 nitrogen and oxygen atoms in total. The number of thioether (sulfide) groups is 1. The summed E-state index contributed by atoms with van der Waals surface area (Å²) in [7, 11) is 1.63. The number of carbonyl (C=O) groups is 1. The Bertz CT molecular complexity index is 1170. The smallest absolute Gasteiger partial charge is 0.230 e. The van der Waals surface area contributed by atoms with Crippen LogP contribution in [0.3, 0.4) is 0 Å². The molecule has 4 rings (SSSR count). The summed E-state index contributed by atoms with van der Waals surface area (Å²) in [6.45, 7) is 4.68. The van der Waals surface area contributed by atoms with Crippen molar-refractivity contribution < 1.29 is 13.9 Å². The second-order valence-electron chi connectivity index (χ2n) is 7.80. The topological polar surface area (TPSA) is 82.2 Å². The minimum Gasteiger partial charge on any atom is -0.497 e. The van der Waals surface area contributed by atoms with Crippen LogP contribution in [0.15, 0.2) is 69.7 Å². The van der Waals surface area contributed by atoms with Crippen LogP contribution in [0, 0.1) is 5.92 Å². The van der Waals surface area contributed by atoms with Gasteiger partial charge in [-0.2, -0.15) is 0 Å². The predicted molar refractivity (Wildman–Crippen MR) is 131 cm³/mol. The molecule has 4 aromatic rings. The molecule has 0 bridgehead atoms. The molecule has 172 valence electrons. The molecular weight excluding hydrogens is 456 g/mol. The summed E-state index contributed by atoms with van der Waals surface area (Å²) in [4.78, 5) is 14.0. The number of ether oxygens (including phenoxy) is 1. The van der Waals surface area contributed by atoms with Gasteiger partial charge in [-0.25, -0.2) is 0 Å². The average Bonchev–Trinajstić information content (AvgIpc) is 3.59. The third-order valence-electron chi connectivity index (χ3n) is 5.10. The lowest BCUT2D eigenvalue weighted by atomic mass is 10.0. The molecule has 0 radical (unpaired) electrons. The van der Waals surface area contributed by atoms with Crippen LogP contribution >= 0.6 is 23.1 Å². The lowest BCUT2D eigenvalue weighted by molar-refractivity contribution is -0.119. The fourth-order valence-corrected chi connectivity index (χ4v) is 5.15. The van der Waals surface area contributed by atoms with Crippen LogP contribution in [0.25, 0.3) is 11.4 Å². The normalized spacial score (nSPS) is 12.1. The fraction of sp³-hybridized carbons (Fsp3) is 0.292. The number of benzene rings is 1. The van der Waals surface area contributed by atoms with Gasteiger partial charge in [0.1, 0.15) is 11.5 Å². The molecule has 0 aliphatic rings. The molecule has 0 aliphatic carbocycles. The first-order valence-electron chi connectivity index (χ1n) is 10.6. The van der Waals surface area contributed by atoms with Crippen molar-refractivity contribution in [3.05, 3.63) is 70.8 Å². The van der Waals surface area contributed by atoms with Crippen molar-refractivity contribution in [1.82, 2.24) is 20.1 Å². The molecule has 9 heteroatoms. The maximum absolute atomic E-state index is 12.8. The van der Waals surface area contributed by atoms with E-state index >= 15 is 0 Å². The van der Waals surface area contributed by atoms with E-state index in [0.29, 0.717) is 23.4 Å². The number of furan rings is 1. The van der Waals surface area contributed by atoms with Gasteiger partial charge in [0.25, 0.3) is 0 Å². The van der Waals surface area contributed by atoms with Crippen LogP contribution in [-0.2, 0) is 11.3 Å². The molecule has 1 amide bonds. The molecule has 33 heavy (non-hydrogen) atoms. The van der Waals surface area contributed by atoms with E-state index < -0.39 is 0 Å². The highest BCUT2D eigenvalue weighted by Crippen LogP contribution is 2.29. The Labute approximate surface area is 201 Å². The van der Waals surface area contributed by atoms with Gasteiger partial charge in [-0.15, -0.1) is 21.5 Å². The van der Waals surface area contributed by atoms with Crippen LogP contribution in [0.2, 0.25) is 0 Å². The number of carbonyl (C=O) groups excluding carboxylic acids is 1. The summed E-state index contributed by atoms with van der Waals surface area (Å²) >= 11 is 3.02. The van der Waals surface area contributed by atoms with E-state index in [1.54, 1.807) is 24.7 Å². The highest BCUT2D eigenvalue weighted by atomic mass is 32.2. The molecule has 1 aromatic carbocycles. The van der Waals surface area contributed by atoms with Gasteiger partial charge in [0.15, 0.2) is 11.0 Å². The maximum Gasteiger partial charge on any atom is 0.230 e. The molecule has 0 spiro atoms. The number of rotatable bonds is 10. The molecule has 1 atom stereocenters. The molecule has 1 unspecified atom stereocenters. The number of hydrogen-bond acceptors (Lipinski definition) is 7. The molecule has 0 fully saturated rings. The van der Waals surface area contributed by atoms with Gasteiger partial charge in [-0.1, -0.05) is 43.8 Å².